The van der Waals surface area contributed by atoms with Crippen LogP contribution >= 0.6 is 0 Å². The number of aromatic nitrogens is 1. The van der Waals surface area contributed by atoms with Gasteiger partial charge in [0.05, 0.1) is 0 Å². The van der Waals surface area contributed by atoms with E-state index < -0.39 is 24.4 Å². The molecule has 1 aromatic heterocycles. The summed E-state index contributed by atoms with van der Waals surface area (Å²) < 4.78 is 15.5. The molecule has 2 heterocycles. The number of aryl methyl sites for hydroxylation is 1. The van der Waals surface area contributed by atoms with Crippen LogP contribution in [0.25, 0.3) is 17.0 Å². The van der Waals surface area contributed by atoms with Gasteiger partial charge in [-0.15, -0.1) is 0 Å². The highest BCUT2D eigenvalue weighted by Crippen LogP contribution is 2.22. The van der Waals surface area contributed by atoms with Crippen LogP contribution in [0.1, 0.15) is 16.7 Å². The van der Waals surface area contributed by atoms with Crippen LogP contribution < -0.4 is 10.6 Å². The minimum absolute atomic E-state index is 0.0990. The lowest BCUT2D eigenvalue weighted by molar-refractivity contribution is -0.127. The highest BCUT2D eigenvalue weighted by atomic mass is 19.1. The van der Waals surface area contributed by atoms with E-state index in [1.165, 1.54) is 12.1 Å². The van der Waals surface area contributed by atoms with E-state index in [2.05, 4.69) is 10.6 Å². The molecule has 1 aliphatic rings. The molecule has 2 N–H and O–H groups in total. The van der Waals surface area contributed by atoms with Crippen molar-refractivity contribution in [3.63, 3.8) is 0 Å². The molecule has 5 rings (SSSR count). The van der Waals surface area contributed by atoms with Gasteiger partial charge >= 0.3 is 6.03 Å². The van der Waals surface area contributed by atoms with Crippen LogP contribution in [-0.4, -0.2) is 33.9 Å². The second-order valence-corrected chi connectivity index (χ2v) is 8.69. The Morgan fingerprint density at radius 1 is 1.03 bits per heavy atom. The van der Waals surface area contributed by atoms with E-state index in [4.69, 9.17) is 0 Å². The van der Waals surface area contributed by atoms with Crippen LogP contribution in [0.3, 0.4) is 0 Å². The first-order valence-corrected chi connectivity index (χ1v) is 11.4. The molecule has 7 nitrogen and oxygen atoms in total. The van der Waals surface area contributed by atoms with Gasteiger partial charge in [0.15, 0.2) is 0 Å². The first-order valence-electron chi connectivity index (χ1n) is 11.4. The maximum atomic E-state index is 13.5. The van der Waals surface area contributed by atoms with Crippen LogP contribution in [0.4, 0.5) is 14.9 Å². The van der Waals surface area contributed by atoms with Crippen LogP contribution in [0.2, 0.25) is 0 Å². The van der Waals surface area contributed by atoms with Gasteiger partial charge in [0, 0.05) is 29.3 Å². The molecule has 0 bridgehead atoms. The SMILES string of the molecule is Cc1cccc(NC(=O)CN2C(=O)N/C(=C/c3ccc4c(ccn4Cc4cccc(F)c4)c3)C2=O)c1. The Kier molecular flexibility index (Phi) is 6.08. The number of urea groups is 1. The van der Waals surface area contributed by atoms with Gasteiger partial charge in [-0.3, -0.25) is 9.59 Å². The number of benzene rings is 3. The molecule has 8 heteroatoms. The number of imide groups is 1. The lowest BCUT2D eigenvalue weighted by Gasteiger charge is -2.12. The highest BCUT2D eigenvalue weighted by Gasteiger charge is 2.34. The standard InChI is InChI=1S/C28H23FN4O3/c1-18-4-2-7-23(12-18)30-26(34)17-33-27(35)24(31-28(33)36)15-19-8-9-25-21(13-19)10-11-32(25)16-20-5-3-6-22(29)14-20/h2-15H,16-17H2,1H3,(H,30,34)(H,31,36)/b24-15+. The van der Waals surface area contributed by atoms with Crippen molar-refractivity contribution in [3.8, 4) is 0 Å². The number of anilines is 1. The Bertz CT molecular complexity index is 1540. The van der Waals surface area contributed by atoms with E-state index in [1.807, 2.05) is 60.2 Å². The van der Waals surface area contributed by atoms with Gasteiger partial charge in [-0.1, -0.05) is 30.3 Å². The molecule has 4 aromatic rings. The predicted octanol–water partition coefficient (Wildman–Crippen LogP) is 4.67. The van der Waals surface area contributed by atoms with Crippen molar-refractivity contribution in [2.45, 2.75) is 13.5 Å². The van der Waals surface area contributed by atoms with Crippen LogP contribution in [-0.2, 0) is 16.1 Å². The van der Waals surface area contributed by atoms with E-state index >= 15 is 0 Å². The predicted molar refractivity (Wildman–Crippen MR) is 135 cm³/mol. The average molecular weight is 483 g/mol. The average Bonchev–Trinajstić information content (AvgIpc) is 3.34. The summed E-state index contributed by atoms with van der Waals surface area (Å²) in [5.74, 6) is -1.31. The summed E-state index contributed by atoms with van der Waals surface area (Å²) in [6.07, 6.45) is 3.51. The first kappa shape index (κ1) is 23.0. The van der Waals surface area contributed by atoms with Crippen molar-refractivity contribution in [1.82, 2.24) is 14.8 Å². The molecule has 0 unspecified atom stereocenters. The van der Waals surface area contributed by atoms with E-state index in [0.29, 0.717) is 12.2 Å². The molecule has 0 radical (unpaired) electrons. The number of hydrogen-bond donors (Lipinski definition) is 2. The van der Waals surface area contributed by atoms with E-state index in [-0.39, 0.29) is 11.5 Å². The Morgan fingerprint density at radius 2 is 1.86 bits per heavy atom. The summed E-state index contributed by atoms with van der Waals surface area (Å²) in [7, 11) is 0. The molecule has 0 aliphatic carbocycles. The maximum Gasteiger partial charge on any atom is 0.329 e. The molecular formula is C28H23FN4O3. The van der Waals surface area contributed by atoms with Crippen molar-refractivity contribution in [2.75, 3.05) is 11.9 Å². The summed E-state index contributed by atoms with van der Waals surface area (Å²) in [4.78, 5) is 38.5. The van der Waals surface area contributed by atoms with Crippen molar-refractivity contribution in [3.05, 3.63) is 107 Å². The van der Waals surface area contributed by atoms with E-state index in [0.717, 1.165) is 32.5 Å². The Morgan fingerprint density at radius 3 is 2.67 bits per heavy atom. The zero-order valence-corrected chi connectivity index (χ0v) is 19.5. The van der Waals surface area contributed by atoms with E-state index in [1.54, 1.807) is 24.3 Å². The Hall–Kier alpha value is -4.72. The number of nitrogens with zero attached hydrogens (tertiary/aromatic N) is 2. The summed E-state index contributed by atoms with van der Waals surface area (Å²) >= 11 is 0. The van der Waals surface area contributed by atoms with Gasteiger partial charge in [0.1, 0.15) is 18.1 Å². The van der Waals surface area contributed by atoms with Gasteiger partial charge in [-0.25, -0.2) is 14.1 Å². The van der Waals surface area contributed by atoms with Crippen molar-refractivity contribution >= 4 is 40.5 Å². The zero-order valence-electron chi connectivity index (χ0n) is 19.5. The fraction of sp³-hybridized carbons (Fsp3) is 0.107. The smallest absolute Gasteiger partial charge is 0.329 e. The number of amides is 4. The second kappa shape index (κ2) is 9.50. The van der Waals surface area contributed by atoms with Gasteiger partial charge in [0.2, 0.25) is 5.91 Å². The molecule has 0 spiro atoms. The maximum absolute atomic E-state index is 13.5. The van der Waals surface area contributed by atoms with Gasteiger partial charge in [-0.05, 0) is 72.2 Å². The van der Waals surface area contributed by atoms with E-state index in [9.17, 15) is 18.8 Å². The summed E-state index contributed by atoms with van der Waals surface area (Å²) in [5, 5.41) is 6.19. The van der Waals surface area contributed by atoms with Gasteiger partial charge in [-0.2, -0.15) is 0 Å². The van der Waals surface area contributed by atoms with Crippen molar-refractivity contribution < 1.29 is 18.8 Å². The first-order chi connectivity index (χ1) is 17.4. The van der Waals surface area contributed by atoms with Crippen LogP contribution in [0.5, 0.6) is 0 Å². The number of carbonyl (C=O) groups excluding carboxylic acids is 3. The monoisotopic (exact) mass is 482 g/mol. The lowest BCUT2D eigenvalue weighted by atomic mass is 10.1. The third-order valence-corrected chi connectivity index (χ3v) is 5.91. The molecule has 1 aliphatic heterocycles. The quantitative estimate of drug-likeness (QED) is 0.310. The Labute approximate surface area is 206 Å². The molecular weight excluding hydrogens is 459 g/mol. The van der Waals surface area contributed by atoms with Crippen molar-refractivity contribution in [1.29, 1.82) is 0 Å². The number of hydrogen-bond acceptors (Lipinski definition) is 3. The zero-order chi connectivity index (χ0) is 25.2. The normalized spacial score (nSPS) is 14.5. The Balaban J connectivity index is 1.29. The fourth-order valence-electron chi connectivity index (χ4n) is 4.23. The van der Waals surface area contributed by atoms with Gasteiger partial charge < -0.3 is 15.2 Å². The topological polar surface area (TPSA) is 83.4 Å². The minimum atomic E-state index is -0.645. The van der Waals surface area contributed by atoms with Gasteiger partial charge in [0.25, 0.3) is 5.91 Å². The van der Waals surface area contributed by atoms with Crippen LogP contribution in [0, 0.1) is 12.7 Å². The summed E-state index contributed by atoms with van der Waals surface area (Å²) in [5.41, 5.74) is 4.21. The number of carbonyl (C=O) groups is 3. The fourth-order valence-corrected chi connectivity index (χ4v) is 4.23. The molecule has 1 fully saturated rings. The summed E-state index contributed by atoms with van der Waals surface area (Å²) in [6.45, 7) is 2.04. The molecule has 36 heavy (non-hydrogen) atoms. The third-order valence-electron chi connectivity index (χ3n) is 5.91. The summed E-state index contributed by atoms with van der Waals surface area (Å²) in [6, 6.07) is 20.7. The third kappa shape index (κ3) is 4.88. The largest absolute Gasteiger partial charge is 0.343 e. The van der Waals surface area contributed by atoms with Crippen molar-refractivity contribution in [2.24, 2.45) is 0 Å². The molecule has 3 aromatic carbocycles. The second-order valence-electron chi connectivity index (χ2n) is 8.69. The number of fused-ring (bicyclic) bond motifs is 1. The lowest BCUT2D eigenvalue weighted by Crippen LogP contribution is -2.38. The molecule has 1 saturated heterocycles. The number of nitrogens with one attached hydrogen (secondary N) is 2. The number of rotatable bonds is 6. The molecule has 0 atom stereocenters. The highest BCUT2D eigenvalue weighted by molar-refractivity contribution is 6.16. The molecule has 0 saturated carbocycles. The molecule has 180 valence electrons. The van der Waals surface area contributed by atoms with Crippen LogP contribution in [0.15, 0.2) is 84.7 Å². The number of halogens is 1. The minimum Gasteiger partial charge on any atom is -0.343 e. The molecule has 4 amide bonds.